The van der Waals surface area contributed by atoms with Crippen molar-refractivity contribution in [1.82, 2.24) is 9.97 Å². The van der Waals surface area contributed by atoms with Crippen molar-refractivity contribution >= 4 is 22.3 Å². The van der Waals surface area contributed by atoms with E-state index in [1.165, 1.54) is 26.2 Å². The van der Waals surface area contributed by atoms with E-state index in [4.69, 9.17) is 10.3 Å². The summed E-state index contributed by atoms with van der Waals surface area (Å²) in [5.41, 5.74) is 5.69. The summed E-state index contributed by atoms with van der Waals surface area (Å²) in [5.74, 6) is 0.455. The Morgan fingerprint density at radius 3 is 2.29 bits per heavy atom. The summed E-state index contributed by atoms with van der Waals surface area (Å²) in [4.78, 5) is 10.3. The molecule has 2 rings (SSSR count). The van der Waals surface area contributed by atoms with Crippen molar-refractivity contribution in [2.75, 3.05) is 23.7 Å². The van der Waals surface area contributed by atoms with Crippen LogP contribution in [0.15, 0.2) is 0 Å². The van der Waals surface area contributed by atoms with Gasteiger partial charge >= 0.3 is 22.3 Å². The van der Waals surface area contributed by atoms with Gasteiger partial charge in [-0.3, -0.25) is 4.55 Å². The van der Waals surface area contributed by atoms with Crippen LogP contribution in [0.2, 0.25) is 0 Å². The minimum atomic E-state index is -4.68. The van der Waals surface area contributed by atoms with Gasteiger partial charge < -0.3 is 10.6 Å². The molecule has 1 aromatic rings. The molecular weight excluding hydrogens is 298 g/mol. The highest BCUT2D eigenvalue weighted by Crippen LogP contribution is 2.15. The quantitative estimate of drug-likeness (QED) is 0.573. The van der Waals surface area contributed by atoms with Crippen molar-refractivity contribution in [2.24, 2.45) is 0 Å². The smallest absolute Gasteiger partial charge is 0.320 e. The second-order valence-electron chi connectivity index (χ2n) is 4.98. The molecule has 0 radical (unpaired) electrons. The normalized spacial score (nSPS) is 17.1. The van der Waals surface area contributed by atoms with E-state index in [1.807, 2.05) is 4.90 Å². The van der Waals surface area contributed by atoms with E-state index in [-0.39, 0.29) is 11.8 Å². The van der Waals surface area contributed by atoms with Crippen LogP contribution in [0.1, 0.15) is 37.9 Å². The second-order valence-corrected chi connectivity index (χ2v) is 5.99. The Morgan fingerprint density at radius 2 is 1.76 bits per heavy atom. The molecule has 0 bridgehead atoms. The Balaban J connectivity index is 2.25. The summed E-state index contributed by atoms with van der Waals surface area (Å²) < 4.78 is 35.3. The van der Waals surface area contributed by atoms with Gasteiger partial charge in [-0.05, 0) is 17.6 Å². The van der Waals surface area contributed by atoms with Gasteiger partial charge in [-0.25, -0.2) is 4.28 Å². The highest BCUT2D eigenvalue weighted by atomic mass is 32.3. The lowest BCUT2D eigenvalue weighted by atomic mass is 10.1. The number of aromatic nitrogens is 3. The molecule has 2 heterocycles. The lowest BCUT2D eigenvalue weighted by molar-refractivity contribution is -0.853. The van der Waals surface area contributed by atoms with Crippen LogP contribution in [0.25, 0.3) is 0 Å². The summed E-state index contributed by atoms with van der Waals surface area (Å²) >= 11 is 0. The summed E-state index contributed by atoms with van der Waals surface area (Å²) in [5, 5.41) is 0. The first-order valence-electron chi connectivity index (χ1n) is 6.85. The highest BCUT2D eigenvalue weighted by Gasteiger charge is 2.24. The van der Waals surface area contributed by atoms with Crippen molar-refractivity contribution < 1.29 is 22.0 Å². The van der Waals surface area contributed by atoms with Crippen LogP contribution in [0.5, 0.6) is 0 Å². The summed E-state index contributed by atoms with van der Waals surface area (Å²) in [6.07, 6.45) is 5.69. The average Bonchev–Trinajstić information content (AvgIpc) is 2.32. The maximum Gasteiger partial charge on any atom is 0.474 e. The Labute approximate surface area is 123 Å². The van der Waals surface area contributed by atoms with Crippen LogP contribution >= 0.6 is 0 Å². The fourth-order valence-corrected chi connectivity index (χ4v) is 2.68. The van der Waals surface area contributed by atoms with Gasteiger partial charge in [0.1, 0.15) is 0 Å². The molecule has 1 fully saturated rings. The van der Waals surface area contributed by atoms with Crippen LogP contribution in [0.4, 0.5) is 11.9 Å². The van der Waals surface area contributed by atoms with Gasteiger partial charge in [0.25, 0.3) is 5.82 Å². The van der Waals surface area contributed by atoms with Crippen molar-refractivity contribution in [3.8, 4) is 0 Å². The van der Waals surface area contributed by atoms with Gasteiger partial charge in [-0.15, -0.1) is 0 Å². The van der Waals surface area contributed by atoms with E-state index in [2.05, 4.69) is 14.3 Å². The molecule has 1 aliphatic rings. The molecule has 0 amide bonds. The number of nitrogen functional groups attached to an aromatic ring is 1. The van der Waals surface area contributed by atoms with E-state index in [9.17, 15) is 8.42 Å². The number of rotatable bonds is 3. The molecule has 21 heavy (non-hydrogen) atoms. The first-order chi connectivity index (χ1) is 9.87. The molecule has 10 heteroatoms. The molecular formula is C11H20N5O4S+. The predicted molar refractivity (Wildman–Crippen MR) is 74.8 cm³/mol. The fraction of sp³-hybridized carbons (Fsp3) is 0.727. The van der Waals surface area contributed by atoms with E-state index >= 15 is 0 Å². The van der Waals surface area contributed by atoms with Crippen molar-refractivity contribution in [3.63, 3.8) is 0 Å². The van der Waals surface area contributed by atoms with Crippen molar-refractivity contribution in [2.45, 2.75) is 39.0 Å². The number of hydrogen-bond acceptors (Lipinski definition) is 7. The van der Waals surface area contributed by atoms with Gasteiger partial charge in [0.05, 0.1) is 0 Å². The zero-order valence-electron chi connectivity index (χ0n) is 11.9. The van der Waals surface area contributed by atoms with Crippen LogP contribution in [-0.2, 0) is 10.4 Å². The molecule has 0 unspecified atom stereocenters. The molecule has 1 saturated heterocycles. The van der Waals surface area contributed by atoms with Crippen LogP contribution in [-0.4, -0.2) is 36.0 Å². The van der Waals surface area contributed by atoms with E-state index in [0.717, 1.165) is 25.9 Å². The lowest BCUT2D eigenvalue weighted by Gasteiger charge is -2.22. The molecule has 0 atom stereocenters. The highest BCUT2D eigenvalue weighted by molar-refractivity contribution is 7.80. The summed E-state index contributed by atoms with van der Waals surface area (Å²) in [6.45, 7) is 3.20. The Bertz CT molecular complexity index is 576. The summed E-state index contributed by atoms with van der Waals surface area (Å²) in [6, 6.07) is 0. The first kappa shape index (κ1) is 15.7. The number of aryl methyl sites for hydroxylation is 1. The number of hydrogen-bond donors (Lipinski definition) is 2. The van der Waals surface area contributed by atoms with E-state index < -0.39 is 10.4 Å². The molecule has 1 aliphatic heterocycles. The third-order valence-corrected chi connectivity index (χ3v) is 3.62. The van der Waals surface area contributed by atoms with Crippen LogP contribution in [0, 0.1) is 6.92 Å². The molecule has 0 spiro atoms. The van der Waals surface area contributed by atoms with Crippen LogP contribution in [0.3, 0.4) is 0 Å². The van der Waals surface area contributed by atoms with Gasteiger partial charge in [0, 0.05) is 20.0 Å². The zero-order valence-corrected chi connectivity index (χ0v) is 12.7. The standard InChI is InChI=1S/C11H19N5O4S/c1-9-13-11(15-7-5-3-2-4-6-8-15)14-10(12)16(9)20-21(17,18)19/h12H,2-8H2,1H3,(H,17,18,19)/p+1. The molecule has 118 valence electrons. The first-order valence-corrected chi connectivity index (χ1v) is 8.22. The minimum Gasteiger partial charge on any atom is -0.320 e. The third kappa shape index (κ3) is 4.39. The third-order valence-electron chi connectivity index (χ3n) is 3.29. The van der Waals surface area contributed by atoms with Gasteiger partial charge in [-0.2, -0.15) is 8.42 Å². The van der Waals surface area contributed by atoms with Crippen LogP contribution < -0.4 is 19.6 Å². The maximum atomic E-state index is 10.8. The lowest BCUT2D eigenvalue weighted by Crippen LogP contribution is -2.52. The molecule has 0 aromatic carbocycles. The summed E-state index contributed by atoms with van der Waals surface area (Å²) in [7, 11) is -4.68. The molecule has 1 aromatic heterocycles. The zero-order chi connectivity index (χ0) is 15.5. The predicted octanol–water partition coefficient (Wildman–Crippen LogP) is -0.343. The Kier molecular flexibility index (Phi) is 4.78. The van der Waals surface area contributed by atoms with Crippen molar-refractivity contribution in [3.05, 3.63) is 5.82 Å². The number of nitrogens with zero attached hydrogens (tertiary/aromatic N) is 4. The van der Waals surface area contributed by atoms with E-state index in [0.29, 0.717) is 10.7 Å². The fourth-order valence-electron chi connectivity index (χ4n) is 2.30. The molecule has 0 aliphatic carbocycles. The van der Waals surface area contributed by atoms with Gasteiger partial charge in [0.2, 0.25) is 0 Å². The largest absolute Gasteiger partial charge is 0.474 e. The molecule has 0 saturated carbocycles. The van der Waals surface area contributed by atoms with Gasteiger partial charge in [-0.1, -0.05) is 29.2 Å². The van der Waals surface area contributed by atoms with Gasteiger partial charge in [0.15, 0.2) is 0 Å². The molecule has 3 N–H and O–H groups in total. The minimum absolute atomic E-state index is 0.183. The Hall–Kier alpha value is -1.68. The number of anilines is 2. The van der Waals surface area contributed by atoms with E-state index in [1.54, 1.807) is 0 Å². The number of nitrogens with two attached hydrogens (primary N) is 1. The molecule has 9 nitrogen and oxygen atoms in total. The average molecular weight is 318 g/mol. The second kappa shape index (κ2) is 6.39. The monoisotopic (exact) mass is 318 g/mol. The SMILES string of the molecule is Cc1nc(N2CCCCCCC2)nc(N)[n+]1OS(=O)(=O)O. The Morgan fingerprint density at radius 1 is 1.19 bits per heavy atom. The van der Waals surface area contributed by atoms with Crippen molar-refractivity contribution in [1.29, 1.82) is 0 Å². The topological polar surface area (TPSA) is 123 Å². The maximum absolute atomic E-state index is 10.8.